The molecule has 5 heteroatoms. The van der Waals surface area contributed by atoms with Crippen LogP contribution in [0.15, 0.2) is 91.0 Å². The lowest BCUT2D eigenvalue weighted by Crippen LogP contribution is -2.54. The van der Waals surface area contributed by atoms with Crippen molar-refractivity contribution in [1.29, 1.82) is 0 Å². The van der Waals surface area contributed by atoms with Gasteiger partial charge in [-0.2, -0.15) is 0 Å². The van der Waals surface area contributed by atoms with Gasteiger partial charge in [-0.25, -0.2) is 0 Å². The molecule has 0 amide bonds. The van der Waals surface area contributed by atoms with E-state index < -0.39 is 6.10 Å². The first-order valence-corrected chi connectivity index (χ1v) is 12.4. The maximum absolute atomic E-state index is 10.8. The molecular weight excluding hydrogens is 480 g/mol. The Hall–Kier alpha value is -2.02. The van der Waals surface area contributed by atoms with Crippen LogP contribution in [-0.2, 0) is 34.0 Å². The smallest absolute Gasteiger partial charge is 0.0994 e. The van der Waals surface area contributed by atoms with E-state index in [1.165, 1.54) is 0 Å². The molecule has 5 unspecified atom stereocenters. The zero-order chi connectivity index (χ0) is 22.9. The predicted molar refractivity (Wildman–Crippen MR) is 133 cm³/mol. The second kappa shape index (κ2) is 12.4. The lowest BCUT2D eigenvalue weighted by atomic mass is 9.82. The van der Waals surface area contributed by atoms with Crippen molar-refractivity contribution in [3.63, 3.8) is 0 Å². The molecular formula is C28H31BrO4. The number of halogens is 1. The zero-order valence-electron chi connectivity index (χ0n) is 18.6. The zero-order valence-corrected chi connectivity index (χ0v) is 20.2. The van der Waals surface area contributed by atoms with Crippen molar-refractivity contribution in [3.8, 4) is 0 Å². The van der Waals surface area contributed by atoms with Gasteiger partial charge in [0.05, 0.1) is 49.6 Å². The Morgan fingerprint density at radius 1 is 0.667 bits per heavy atom. The van der Waals surface area contributed by atoms with Gasteiger partial charge in [-0.15, -0.1) is 0 Å². The van der Waals surface area contributed by atoms with Crippen molar-refractivity contribution < 1.29 is 19.3 Å². The maximum atomic E-state index is 10.8. The molecule has 3 aromatic rings. The Bertz CT molecular complexity index is 938. The molecule has 0 spiro atoms. The van der Waals surface area contributed by atoms with E-state index in [0.717, 1.165) is 16.7 Å². The van der Waals surface area contributed by atoms with Crippen LogP contribution in [0.4, 0.5) is 0 Å². The minimum Gasteiger partial charge on any atom is -0.392 e. The minimum absolute atomic E-state index is 0.0157. The summed E-state index contributed by atoms with van der Waals surface area (Å²) < 4.78 is 18.9. The number of alkyl halides is 1. The Morgan fingerprint density at radius 3 is 1.64 bits per heavy atom. The Labute approximate surface area is 204 Å². The summed E-state index contributed by atoms with van der Waals surface area (Å²) in [5.74, 6) is 0.0157. The number of benzene rings is 3. The Morgan fingerprint density at radius 2 is 1.12 bits per heavy atom. The van der Waals surface area contributed by atoms with Crippen LogP contribution in [0, 0.1) is 5.92 Å². The molecule has 0 heterocycles. The number of aliphatic hydroxyl groups is 1. The molecule has 4 nitrogen and oxygen atoms in total. The second-order valence-corrected chi connectivity index (χ2v) is 9.59. The molecule has 0 bridgehead atoms. The largest absolute Gasteiger partial charge is 0.392 e. The monoisotopic (exact) mass is 510 g/mol. The summed E-state index contributed by atoms with van der Waals surface area (Å²) in [7, 11) is 0. The van der Waals surface area contributed by atoms with Crippen molar-refractivity contribution in [2.45, 2.75) is 49.4 Å². The summed E-state index contributed by atoms with van der Waals surface area (Å²) in [6, 6.07) is 30.4. The molecule has 0 saturated heterocycles. The average molecular weight is 511 g/mol. The highest BCUT2D eigenvalue weighted by atomic mass is 79.9. The molecule has 4 rings (SSSR count). The Kier molecular flexibility index (Phi) is 9.09. The van der Waals surface area contributed by atoms with Gasteiger partial charge < -0.3 is 19.3 Å². The van der Waals surface area contributed by atoms with Gasteiger partial charge in [-0.1, -0.05) is 107 Å². The molecule has 1 saturated carbocycles. The van der Waals surface area contributed by atoms with Crippen LogP contribution in [0.2, 0.25) is 0 Å². The molecule has 0 aliphatic heterocycles. The predicted octanol–water partition coefficient (Wildman–Crippen LogP) is 5.52. The molecule has 174 valence electrons. The maximum Gasteiger partial charge on any atom is 0.0994 e. The lowest BCUT2D eigenvalue weighted by molar-refractivity contribution is -0.156. The van der Waals surface area contributed by atoms with E-state index in [2.05, 4.69) is 40.2 Å². The van der Waals surface area contributed by atoms with Crippen LogP contribution in [0.25, 0.3) is 0 Å². The summed E-state index contributed by atoms with van der Waals surface area (Å²) in [6.07, 6.45) is -0.455. The van der Waals surface area contributed by atoms with Gasteiger partial charge in [-0.3, -0.25) is 0 Å². The van der Waals surface area contributed by atoms with Gasteiger partial charge in [0.1, 0.15) is 0 Å². The molecule has 1 fully saturated rings. The summed E-state index contributed by atoms with van der Waals surface area (Å²) in [5, 5.41) is 10.8. The third-order valence-electron chi connectivity index (χ3n) is 6.03. The molecule has 1 N–H and O–H groups in total. The third kappa shape index (κ3) is 6.98. The van der Waals surface area contributed by atoms with Gasteiger partial charge in [0, 0.05) is 5.92 Å². The fourth-order valence-electron chi connectivity index (χ4n) is 4.26. The highest BCUT2D eigenvalue weighted by molar-refractivity contribution is 9.09. The number of ether oxygens (including phenoxy) is 3. The number of aliphatic hydroxyl groups excluding tert-OH is 1. The van der Waals surface area contributed by atoms with Crippen molar-refractivity contribution in [2.24, 2.45) is 5.92 Å². The van der Waals surface area contributed by atoms with Crippen LogP contribution in [0.5, 0.6) is 0 Å². The lowest BCUT2D eigenvalue weighted by Gasteiger charge is -2.43. The van der Waals surface area contributed by atoms with Gasteiger partial charge >= 0.3 is 0 Å². The van der Waals surface area contributed by atoms with E-state index in [-0.39, 0.29) is 23.0 Å². The normalized spacial score (nSPS) is 25.1. The van der Waals surface area contributed by atoms with Gasteiger partial charge in [0.25, 0.3) is 0 Å². The molecule has 1 aliphatic carbocycles. The van der Waals surface area contributed by atoms with E-state index in [1.54, 1.807) is 0 Å². The van der Waals surface area contributed by atoms with Gasteiger partial charge in [0.2, 0.25) is 0 Å². The Balaban J connectivity index is 1.46. The average Bonchev–Trinajstić information content (AvgIpc) is 2.86. The van der Waals surface area contributed by atoms with E-state index in [1.807, 2.05) is 66.7 Å². The first kappa shape index (κ1) is 24.1. The molecule has 0 aromatic heterocycles. The number of rotatable bonds is 10. The first-order chi connectivity index (χ1) is 16.2. The number of hydrogen-bond acceptors (Lipinski definition) is 4. The van der Waals surface area contributed by atoms with Crippen molar-refractivity contribution in [1.82, 2.24) is 0 Å². The highest BCUT2D eigenvalue weighted by Crippen LogP contribution is 2.35. The van der Waals surface area contributed by atoms with E-state index >= 15 is 0 Å². The second-order valence-electron chi connectivity index (χ2n) is 8.53. The summed E-state index contributed by atoms with van der Waals surface area (Å²) in [6.45, 7) is 1.98. The van der Waals surface area contributed by atoms with Gasteiger partial charge in [0.15, 0.2) is 0 Å². The molecule has 3 aromatic carbocycles. The summed E-state index contributed by atoms with van der Waals surface area (Å²) in [5.41, 5.74) is 3.34. The SMILES string of the molecule is OC1CC(COCc2ccccc2)C(OCc2ccccc2)C(OCc2ccccc2)C1Br. The van der Waals surface area contributed by atoms with Crippen LogP contribution >= 0.6 is 15.9 Å². The van der Waals surface area contributed by atoms with Crippen molar-refractivity contribution in [2.75, 3.05) is 6.61 Å². The van der Waals surface area contributed by atoms with Crippen LogP contribution < -0.4 is 0 Å². The van der Waals surface area contributed by atoms with E-state index in [0.29, 0.717) is 32.8 Å². The molecule has 5 atom stereocenters. The van der Waals surface area contributed by atoms with Crippen LogP contribution in [0.1, 0.15) is 23.1 Å². The topological polar surface area (TPSA) is 47.9 Å². The summed E-state index contributed by atoms with van der Waals surface area (Å²) >= 11 is 3.70. The molecule has 33 heavy (non-hydrogen) atoms. The van der Waals surface area contributed by atoms with E-state index in [9.17, 15) is 5.11 Å². The van der Waals surface area contributed by atoms with Crippen molar-refractivity contribution in [3.05, 3.63) is 108 Å². The van der Waals surface area contributed by atoms with E-state index in [4.69, 9.17) is 14.2 Å². The quantitative estimate of drug-likeness (QED) is 0.365. The van der Waals surface area contributed by atoms with Crippen LogP contribution in [0.3, 0.4) is 0 Å². The number of hydrogen-bond donors (Lipinski definition) is 1. The van der Waals surface area contributed by atoms with Gasteiger partial charge in [-0.05, 0) is 23.1 Å². The fourth-order valence-corrected chi connectivity index (χ4v) is 4.93. The first-order valence-electron chi connectivity index (χ1n) is 11.5. The minimum atomic E-state index is -0.535. The summed E-state index contributed by atoms with van der Waals surface area (Å²) in [4.78, 5) is -0.215. The standard InChI is InChI=1S/C28H31BrO4/c29-26-25(30)16-24(20-31-17-21-10-4-1-5-11-21)27(32-18-22-12-6-2-7-13-22)28(26)33-19-23-14-8-3-9-15-23/h1-15,24-28,30H,16-20H2. The third-order valence-corrected chi connectivity index (χ3v) is 7.16. The molecule has 0 radical (unpaired) electrons. The van der Waals surface area contributed by atoms with Crippen molar-refractivity contribution >= 4 is 15.9 Å². The molecule has 1 aliphatic rings. The fraction of sp³-hybridized carbons (Fsp3) is 0.357. The van der Waals surface area contributed by atoms with Crippen LogP contribution in [-0.4, -0.2) is 34.9 Å². The highest BCUT2D eigenvalue weighted by Gasteiger charge is 2.45.